The smallest absolute Gasteiger partial charge is 0.338 e. The van der Waals surface area contributed by atoms with Gasteiger partial charge in [-0.15, -0.1) is 0 Å². The number of ether oxygens (including phenoxy) is 7. The van der Waals surface area contributed by atoms with E-state index >= 15 is 0 Å². The average molecular weight is 858 g/mol. The predicted molar refractivity (Wildman–Crippen MR) is 219 cm³/mol. The molecule has 0 spiro atoms. The van der Waals surface area contributed by atoms with E-state index in [1.807, 2.05) is 0 Å². The molecule has 1 saturated heterocycles. The average Bonchev–Trinajstić information content (AvgIpc) is 3.59. The first-order valence-electron chi connectivity index (χ1n) is 20.3. The Morgan fingerprint density at radius 3 is 2.02 bits per heavy atom. The number of rotatable bonds is 16. The normalized spacial score (nSPS) is 22.9. The van der Waals surface area contributed by atoms with E-state index in [0.29, 0.717) is 23.7 Å². The van der Waals surface area contributed by atoms with Crippen molar-refractivity contribution >= 4 is 34.8 Å². The Labute approximate surface area is 354 Å². The molecule has 2 aliphatic heterocycles. The quantitative estimate of drug-likeness (QED) is 0.152. The van der Waals surface area contributed by atoms with Crippen LogP contribution in [0.3, 0.4) is 0 Å². The summed E-state index contributed by atoms with van der Waals surface area (Å²) in [4.78, 5) is 52.0. The van der Waals surface area contributed by atoms with Gasteiger partial charge in [0.2, 0.25) is 5.75 Å². The molecule has 0 radical (unpaired) electrons. The lowest BCUT2D eigenvalue weighted by Gasteiger charge is -2.53. The molecule has 18 nitrogen and oxygen atoms in total. The third-order valence-electron chi connectivity index (χ3n) is 12.4. The van der Waals surface area contributed by atoms with Gasteiger partial charge in [-0.2, -0.15) is 0 Å². The van der Waals surface area contributed by atoms with Gasteiger partial charge < -0.3 is 63.1 Å². The van der Waals surface area contributed by atoms with E-state index in [2.05, 4.69) is 46.4 Å². The van der Waals surface area contributed by atoms with Crippen molar-refractivity contribution in [1.29, 1.82) is 0 Å². The summed E-state index contributed by atoms with van der Waals surface area (Å²) in [5.41, 5.74) is 4.16. The molecular weight excluding hydrogens is 798 g/mol. The van der Waals surface area contributed by atoms with E-state index in [0.717, 1.165) is 57.9 Å². The van der Waals surface area contributed by atoms with Crippen LogP contribution in [0.1, 0.15) is 54.3 Å². The number of carboxylic acids is 2. The largest absolute Gasteiger partial charge is 0.497 e. The van der Waals surface area contributed by atoms with Crippen LogP contribution in [0, 0.1) is 17.8 Å². The highest BCUT2D eigenvalue weighted by atomic mass is 16.6. The van der Waals surface area contributed by atoms with Crippen LogP contribution in [0.5, 0.6) is 23.0 Å². The maximum absolute atomic E-state index is 13.7. The third kappa shape index (κ3) is 9.68. The number of likely N-dealkylation sites (N-methyl/N-ethyl adjacent to an activating group) is 1. The summed E-state index contributed by atoms with van der Waals surface area (Å²) in [5, 5.41) is 33.8. The Kier molecular flexibility index (Phi) is 15.9. The molecule has 6 rings (SSSR count). The first-order chi connectivity index (χ1) is 29.2. The number of fused-ring (bicyclic) bond motifs is 6. The number of hydrogen-bond donors (Lipinski definition) is 4. The summed E-state index contributed by atoms with van der Waals surface area (Å²) in [6, 6.07) is 9.68. The fourth-order valence-corrected chi connectivity index (χ4v) is 9.29. The van der Waals surface area contributed by atoms with E-state index in [-0.39, 0.29) is 29.4 Å². The standard InChI is InChI=1S/C39H53N3O9.C4H6O6/c1-9-40(10-2)15-16-42-29-20-25(45-3)11-12-26(29)27-13-14-41-22-24-19-33(37(49-7)34(39(44)50-8)28(24)21-30(41)35(27)42)51-38(43)23-17-31(46-4)36(48-6)32(18-23)47-5;5-1(3(7)8)2(6)4(9)10/h11-12,17-18,20,24,28,30,33-34,37H,9-10,13-16,19,21-22H2,1-8H3;1-2,5-6H,(H,7,8)(H,9,10)/t24-,28+,30-,33-,34+,37+;1-,2-/m11/s1. The van der Waals surface area contributed by atoms with E-state index in [1.54, 1.807) is 26.4 Å². The van der Waals surface area contributed by atoms with Gasteiger partial charge in [0, 0.05) is 50.4 Å². The molecular formula is C43H59N3O15. The monoisotopic (exact) mass is 857 g/mol. The van der Waals surface area contributed by atoms with E-state index < -0.39 is 48.2 Å². The number of carbonyl (C=O) groups is 4. The van der Waals surface area contributed by atoms with Gasteiger partial charge in [-0.25, -0.2) is 14.4 Å². The Morgan fingerprint density at radius 2 is 1.49 bits per heavy atom. The molecule has 336 valence electrons. The number of benzene rings is 2. The second-order valence-corrected chi connectivity index (χ2v) is 15.3. The third-order valence-corrected chi connectivity index (χ3v) is 12.4. The molecule has 0 unspecified atom stereocenters. The zero-order valence-electron chi connectivity index (χ0n) is 36.0. The summed E-state index contributed by atoms with van der Waals surface area (Å²) in [7, 11) is 9.21. The first kappa shape index (κ1) is 46.9. The molecule has 1 aliphatic carbocycles. The van der Waals surface area contributed by atoms with Crippen molar-refractivity contribution in [3.8, 4) is 23.0 Å². The number of aromatic nitrogens is 1. The lowest BCUT2D eigenvalue weighted by atomic mass is 9.63. The molecule has 18 heteroatoms. The van der Waals surface area contributed by atoms with Crippen LogP contribution in [0.2, 0.25) is 0 Å². The summed E-state index contributed by atoms with van der Waals surface area (Å²) in [6.45, 7) is 9.88. The molecule has 4 N–H and O–H groups in total. The minimum atomic E-state index is -2.27. The number of aliphatic carboxylic acids is 2. The fraction of sp³-hybridized carbons (Fsp3) is 0.581. The second kappa shape index (κ2) is 20.6. The van der Waals surface area contributed by atoms with Crippen molar-refractivity contribution in [2.75, 3.05) is 75.4 Å². The van der Waals surface area contributed by atoms with Crippen LogP contribution in [-0.2, 0) is 41.6 Å². The number of methoxy groups -OCH3 is 6. The highest BCUT2D eigenvalue weighted by molar-refractivity contribution is 5.91. The maximum atomic E-state index is 13.7. The highest BCUT2D eigenvalue weighted by Crippen LogP contribution is 2.51. The molecule has 0 bridgehead atoms. The van der Waals surface area contributed by atoms with E-state index in [1.165, 1.54) is 50.6 Å². The van der Waals surface area contributed by atoms with Gasteiger partial charge in [0.05, 0.1) is 58.6 Å². The van der Waals surface area contributed by atoms with Gasteiger partial charge in [0.15, 0.2) is 23.7 Å². The first-order valence-corrected chi connectivity index (χ1v) is 20.3. The number of aliphatic hydroxyl groups is 2. The van der Waals surface area contributed by atoms with Crippen molar-refractivity contribution in [3.05, 3.63) is 47.2 Å². The Bertz CT molecular complexity index is 1990. The van der Waals surface area contributed by atoms with E-state index in [4.69, 9.17) is 53.6 Å². The fourth-order valence-electron chi connectivity index (χ4n) is 9.29. The summed E-state index contributed by atoms with van der Waals surface area (Å²) >= 11 is 0. The molecule has 0 amide bonds. The zero-order valence-corrected chi connectivity index (χ0v) is 36.0. The number of esters is 2. The number of carboxylic acid groups (broad SMARTS) is 2. The minimum absolute atomic E-state index is 0.0329. The maximum Gasteiger partial charge on any atom is 0.338 e. The summed E-state index contributed by atoms with van der Waals surface area (Å²) < 4.78 is 42.3. The topological polar surface area (TPSA) is 225 Å². The summed E-state index contributed by atoms with van der Waals surface area (Å²) in [6.07, 6.45) is -3.62. The van der Waals surface area contributed by atoms with Crippen molar-refractivity contribution in [2.24, 2.45) is 17.8 Å². The van der Waals surface area contributed by atoms with Crippen molar-refractivity contribution < 1.29 is 72.8 Å². The number of nitrogens with zero attached hydrogens (tertiary/aromatic N) is 3. The molecule has 2 fully saturated rings. The van der Waals surface area contributed by atoms with Gasteiger partial charge in [-0.05, 0) is 74.0 Å². The zero-order chi connectivity index (χ0) is 44.7. The van der Waals surface area contributed by atoms with Gasteiger partial charge in [0.1, 0.15) is 18.0 Å². The molecule has 2 aromatic carbocycles. The predicted octanol–water partition coefficient (Wildman–Crippen LogP) is 2.86. The number of hydrogen-bond acceptors (Lipinski definition) is 15. The highest BCUT2D eigenvalue weighted by Gasteiger charge is 2.55. The lowest BCUT2D eigenvalue weighted by molar-refractivity contribution is -0.176. The van der Waals surface area contributed by atoms with Crippen LogP contribution < -0.4 is 18.9 Å². The lowest BCUT2D eigenvalue weighted by Crippen LogP contribution is -2.58. The van der Waals surface area contributed by atoms with Crippen LogP contribution in [0.4, 0.5) is 0 Å². The molecule has 8 atom stereocenters. The van der Waals surface area contributed by atoms with Crippen molar-refractivity contribution in [2.45, 2.75) is 70.1 Å². The number of aliphatic hydroxyl groups excluding tert-OH is 2. The van der Waals surface area contributed by atoms with Crippen molar-refractivity contribution in [3.63, 3.8) is 0 Å². The minimum Gasteiger partial charge on any atom is -0.497 e. The van der Waals surface area contributed by atoms with Crippen LogP contribution >= 0.6 is 0 Å². The van der Waals surface area contributed by atoms with Crippen LogP contribution in [-0.4, -0.2) is 158 Å². The Hall–Kier alpha value is -5.14. The van der Waals surface area contributed by atoms with Crippen LogP contribution in [0.25, 0.3) is 10.9 Å². The molecule has 1 aromatic heterocycles. The van der Waals surface area contributed by atoms with Gasteiger partial charge >= 0.3 is 23.9 Å². The molecule has 3 aromatic rings. The Balaban J connectivity index is 0.000000626. The van der Waals surface area contributed by atoms with Crippen LogP contribution in [0.15, 0.2) is 30.3 Å². The molecule has 1 saturated carbocycles. The second-order valence-electron chi connectivity index (χ2n) is 15.3. The number of piperidine rings is 1. The van der Waals surface area contributed by atoms with Crippen molar-refractivity contribution in [1.82, 2.24) is 14.4 Å². The molecule has 61 heavy (non-hydrogen) atoms. The van der Waals surface area contributed by atoms with Gasteiger partial charge in [-0.3, -0.25) is 9.69 Å². The molecule has 3 aliphatic rings. The van der Waals surface area contributed by atoms with Gasteiger partial charge in [-0.1, -0.05) is 13.8 Å². The number of carbonyl (C=O) groups excluding carboxylic acids is 2. The SMILES string of the molecule is CCN(CC)CCn1c2c(c3ccc(OC)cc31)CCN1C[C@H]3C[C@@H](OC(=O)c4cc(OC)c(OC)c(OC)c4)[C@H](OC)[C@@H](C(=O)OC)[C@H]3C[C@H]21.O=C(O)[C@H](O)[C@@H](O)C(=O)O. The van der Waals surface area contributed by atoms with Gasteiger partial charge in [0.25, 0.3) is 0 Å². The molecule has 3 heterocycles. The Morgan fingerprint density at radius 1 is 0.852 bits per heavy atom. The summed E-state index contributed by atoms with van der Waals surface area (Å²) in [5.74, 6) is -3.09. The van der Waals surface area contributed by atoms with E-state index in [9.17, 15) is 19.2 Å².